The average Bonchev–Trinajstić information content (AvgIpc) is 1.95. The summed E-state index contributed by atoms with van der Waals surface area (Å²) >= 11 is 4.96. The van der Waals surface area contributed by atoms with Gasteiger partial charge in [-0.3, -0.25) is 0 Å². The Morgan fingerprint density at radius 3 is 2.40 bits per heavy atom. The van der Waals surface area contributed by atoms with Crippen molar-refractivity contribution in [2.45, 2.75) is 6.92 Å². The number of nitrogens with one attached hydrogen (secondary N) is 1. The zero-order valence-corrected chi connectivity index (χ0v) is 6.35. The molecule has 0 heterocycles. The third-order valence-electron chi connectivity index (χ3n) is 1.21. The van der Waals surface area contributed by atoms with Crippen molar-refractivity contribution in [1.82, 2.24) is 0 Å². The Bertz CT molecular complexity index is 197. The van der Waals surface area contributed by atoms with Crippen LogP contribution in [0.3, 0.4) is 0 Å². The minimum absolute atomic E-state index is 0.848. The summed E-state index contributed by atoms with van der Waals surface area (Å²) in [4.78, 5) is 0. The van der Waals surface area contributed by atoms with Gasteiger partial charge in [0.1, 0.15) is 0 Å². The zero-order chi connectivity index (χ0) is 7.40. The van der Waals surface area contributed by atoms with E-state index in [0.717, 1.165) is 5.69 Å². The van der Waals surface area contributed by atoms with Gasteiger partial charge in [0.25, 0.3) is 0 Å². The topological polar surface area (TPSA) is 21.3 Å². The second-order valence-electron chi connectivity index (χ2n) is 2.05. The lowest BCUT2D eigenvalue weighted by atomic mass is 10.2. The van der Waals surface area contributed by atoms with E-state index in [9.17, 15) is 0 Å². The number of hydrogen-bond donors (Lipinski definition) is 1. The lowest BCUT2D eigenvalue weighted by Crippen LogP contribution is -1.90. The van der Waals surface area contributed by atoms with Gasteiger partial charge in [0.2, 0.25) is 0 Å². The summed E-state index contributed by atoms with van der Waals surface area (Å²) in [5, 5.41) is 0. The molecule has 0 atom stereocenters. The molecule has 0 saturated heterocycles. The monoisotopic (exact) mass is 157 g/mol. The molecule has 0 aliphatic carbocycles. The fourth-order valence-electron chi connectivity index (χ4n) is 0.666. The molecule has 0 spiro atoms. The Morgan fingerprint density at radius 2 is 1.90 bits per heavy atom. The van der Waals surface area contributed by atoms with Crippen LogP contribution in [0.4, 0.5) is 5.69 Å². The molecule has 0 unspecified atom stereocenters. The number of halogens is 1. The molecular formula is C7H8ClNO. The van der Waals surface area contributed by atoms with E-state index < -0.39 is 0 Å². The first-order valence-electron chi connectivity index (χ1n) is 2.93. The zero-order valence-electron chi connectivity index (χ0n) is 5.60. The number of aryl methyl sites for hydroxylation is 1. The van der Waals surface area contributed by atoms with E-state index in [0.29, 0.717) is 0 Å². The van der Waals surface area contributed by atoms with E-state index in [2.05, 4.69) is 9.87 Å². The Kier molecular flexibility index (Phi) is 2.54. The van der Waals surface area contributed by atoms with Crippen LogP contribution in [-0.4, -0.2) is 0 Å². The van der Waals surface area contributed by atoms with Crippen molar-refractivity contribution < 1.29 is 4.39 Å². The van der Waals surface area contributed by atoms with Crippen molar-refractivity contribution in [1.29, 1.82) is 0 Å². The van der Waals surface area contributed by atoms with Crippen molar-refractivity contribution in [3.05, 3.63) is 29.8 Å². The van der Waals surface area contributed by atoms with Gasteiger partial charge in [-0.25, -0.2) is 5.48 Å². The first-order valence-corrected chi connectivity index (χ1v) is 3.24. The van der Waals surface area contributed by atoms with Crippen molar-refractivity contribution in [2.75, 3.05) is 5.48 Å². The van der Waals surface area contributed by atoms with Crippen molar-refractivity contribution in [3.8, 4) is 0 Å². The van der Waals surface area contributed by atoms with Crippen molar-refractivity contribution in [2.24, 2.45) is 0 Å². The summed E-state index contributed by atoms with van der Waals surface area (Å²) in [5.41, 5.74) is 4.56. The van der Waals surface area contributed by atoms with E-state index in [1.807, 2.05) is 31.2 Å². The molecule has 0 radical (unpaired) electrons. The Balaban J connectivity index is 2.69. The second-order valence-corrected chi connectivity index (χ2v) is 2.20. The molecule has 0 aliphatic heterocycles. The van der Waals surface area contributed by atoms with Crippen LogP contribution >= 0.6 is 11.9 Å². The van der Waals surface area contributed by atoms with Gasteiger partial charge in [-0.15, -0.1) is 0 Å². The maximum absolute atomic E-state index is 4.96. The first kappa shape index (κ1) is 7.38. The van der Waals surface area contributed by atoms with Crippen LogP contribution in [-0.2, 0) is 4.39 Å². The predicted octanol–water partition coefficient (Wildman–Crippen LogP) is 2.49. The molecule has 1 aromatic carbocycles. The van der Waals surface area contributed by atoms with Gasteiger partial charge in [0, 0.05) is 0 Å². The van der Waals surface area contributed by atoms with Gasteiger partial charge in [-0.05, 0) is 19.1 Å². The summed E-state index contributed by atoms with van der Waals surface area (Å²) in [7, 11) is 0. The minimum Gasteiger partial charge on any atom is -0.248 e. The maximum atomic E-state index is 4.96. The fraction of sp³-hybridized carbons (Fsp3) is 0.143. The Labute approximate surface area is 64.9 Å². The van der Waals surface area contributed by atoms with Gasteiger partial charge < -0.3 is 0 Å². The molecule has 1 N–H and O–H groups in total. The van der Waals surface area contributed by atoms with Crippen LogP contribution in [0.1, 0.15) is 5.56 Å². The smallest absolute Gasteiger partial charge is 0.0911 e. The van der Waals surface area contributed by atoms with E-state index in [4.69, 9.17) is 11.9 Å². The van der Waals surface area contributed by atoms with Gasteiger partial charge >= 0.3 is 0 Å². The Hall–Kier alpha value is -0.730. The van der Waals surface area contributed by atoms with Crippen LogP contribution in [0.25, 0.3) is 0 Å². The van der Waals surface area contributed by atoms with Crippen LogP contribution in [0.15, 0.2) is 24.3 Å². The largest absolute Gasteiger partial charge is 0.248 e. The maximum Gasteiger partial charge on any atom is 0.0911 e. The molecular weight excluding hydrogens is 150 g/mol. The molecule has 0 saturated carbocycles. The van der Waals surface area contributed by atoms with Crippen LogP contribution in [0, 0.1) is 6.92 Å². The van der Waals surface area contributed by atoms with E-state index >= 15 is 0 Å². The van der Waals surface area contributed by atoms with Crippen molar-refractivity contribution >= 4 is 17.6 Å². The molecule has 1 rings (SSSR count). The van der Waals surface area contributed by atoms with E-state index in [1.165, 1.54) is 5.56 Å². The minimum atomic E-state index is 0.848. The summed E-state index contributed by atoms with van der Waals surface area (Å²) in [6.45, 7) is 2.02. The molecule has 0 aromatic heterocycles. The second kappa shape index (κ2) is 3.44. The number of anilines is 1. The predicted molar refractivity (Wildman–Crippen MR) is 41.7 cm³/mol. The molecule has 0 aliphatic rings. The highest BCUT2D eigenvalue weighted by Crippen LogP contribution is 2.08. The molecule has 1 aromatic rings. The van der Waals surface area contributed by atoms with Gasteiger partial charge in [-0.1, -0.05) is 17.7 Å². The van der Waals surface area contributed by atoms with Crippen LogP contribution in [0.2, 0.25) is 0 Å². The van der Waals surface area contributed by atoms with E-state index in [-0.39, 0.29) is 0 Å². The fourth-order valence-corrected chi connectivity index (χ4v) is 0.755. The highest BCUT2D eigenvalue weighted by molar-refractivity contribution is 6.07. The summed E-state index contributed by atoms with van der Waals surface area (Å²) in [6, 6.07) is 7.71. The molecule has 2 nitrogen and oxygen atoms in total. The molecule has 0 bridgehead atoms. The quantitative estimate of drug-likeness (QED) is 0.666. The summed E-state index contributed by atoms with van der Waals surface area (Å²) < 4.78 is 4.19. The first-order chi connectivity index (χ1) is 4.83. The van der Waals surface area contributed by atoms with Gasteiger partial charge in [0.05, 0.1) is 17.6 Å². The number of hydrogen-bond acceptors (Lipinski definition) is 2. The Morgan fingerprint density at radius 1 is 1.30 bits per heavy atom. The molecule has 10 heavy (non-hydrogen) atoms. The highest BCUT2D eigenvalue weighted by Gasteiger charge is 1.87. The number of benzene rings is 1. The lowest BCUT2D eigenvalue weighted by Gasteiger charge is -1.99. The molecule has 54 valence electrons. The van der Waals surface area contributed by atoms with Crippen molar-refractivity contribution in [3.63, 3.8) is 0 Å². The lowest BCUT2D eigenvalue weighted by molar-refractivity contribution is 0.451. The van der Waals surface area contributed by atoms with Gasteiger partial charge in [0.15, 0.2) is 0 Å². The molecule has 0 fully saturated rings. The van der Waals surface area contributed by atoms with E-state index in [1.54, 1.807) is 0 Å². The third-order valence-corrected chi connectivity index (χ3v) is 1.29. The molecule has 0 amide bonds. The summed E-state index contributed by atoms with van der Waals surface area (Å²) in [5.74, 6) is 0. The van der Waals surface area contributed by atoms with Crippen LogP contribution in [0.5, 0.6) is 0 Å². The number of rotatable bonds is 2. The average molecular weight is 158 g/mol. The highest BCUT2D eigenvalue weighted by atomic mass is 35.5. The third kappa shape index (κ3) is 1.90. The molecule has 3 heteroatoms. The van der Waals surface area contributed by atoms with Gasteiger partial charge in [-0.2, -0.15) is 4.39 Å². The van der Waals surface area contributed by atoms with Crippen LogP contribution < -0.4 is 5.48 Å². The SMILES string of the molecule is Cc1ccc(NOCl)cc1. The standard InChI is InChI=1S/C7H8ClNO/c1-6-2-4-7(5-3-6)9-10-8/h2-5,9H,1H3. The summed E-state index contributed by atoms with van der Waals surface area (Å²) in [6.07, 6.45) is 0. The normalized spacial score (nSPS) is 9.40.